The maximum atomic E-state index is 12.1. The number of ether oxygens (including phenoxy) is 3. The zero-order chi connectivity index (χ0) is 16.8. The Hall–Kier alpha value is -2.95. The summed E-state index contributed by atoms with van der Waals surface area (Å²) < 4.78 is 16.5. The Kier molecular flexibility index (Phi) is 5.01. The molecule has 1 N–H and O–H groups in total. The van der Waals surface area contributed by atoms with Crippen LogP contribution in [-0.4, -0.2) is 26.2 Å². The summed E-state index contributed by atoms with van der Waals surface area (Å²) in [5.41, 5.74) is 1.50. The highest BCUT2D eigenvalue weighted by Crippen LogP contribution is 2.30. The Labute approximate surface area is 140 Å². The van der Waals surface area contributed by atoms with Gasteiger partial charge in [0.2, 0.25) is 5.91 Å². The summed E-state index contributed by atoms with van der Waals surface area (Å²) in [6, 6.07) is 12.9. The molecule has 0 spiro atoms. The van der Waals surface area contributed by atoms with Gasteiger partial charge in [-0.2, -0.15) is 0 Å². The third-order valence-corrected chi connectivity index (χ3v) is 3.56. The fraction of sp³-hybridized carbons (Fsp3) is 0.211. The number of rotatable bonds is 4. The van der Waals surface area contributed by atoms with Crippen LogP contribution in [0.4, 0.5) is 5.69 Å². The van der Waals surface area contributed by atoms with Crippen molar-refractivity contribution in [1.82, 2.24) is 0 Å². The van der Waals surface area contributed by atoms with Gasteiger partial charge < -0.3 is 19.5 Å². The van der Waals surface area contributed by atoms with E-state index in [1.165, 1.54) is 6.08 Å². The summed E-state index contributed by atoms with van der Waals surface area (Å²) in [6.07, 6.45) is 4.08. The first-order valence-corrected chi connectivity index (χ1v) is 7.78. The van der Waals surface area contributed by atoms with Gasteiger partial charge in [0.1, 0.15) is 5.75 Å². The zero-order valence-electron chi connectivity index (χ0n) is 13.5. The van der Waals surface area contributed by atoms with Crippen LogP contribution in [0.5, 0.6) is 17.2 Å². The molecule has 0 fully saturated rings. The number of anilines is 1. The second-order valence-corrected chi connectivity index (χ2v) is 5.28. The lowest BCUT2D eigenvalue weighted by atomic mass is 10.2. The Morgan fingerprint density at radius 3 is 2.75 bits per heavy atom. The average Bonchev–Trinajstić information content (AvgIpc) is 2.85. The Balaban J connectivity index is 1.69. The Morgan fingerprint density at radius 2 is 1.92 bits per heavy atom. The van der Waals surface area contributed by atoms with E-state index < -0.39 is 0 Å². The molecule has 1 amide bonds. The van der Waals surface area contributed by atoms with Crippen LogP contribution in [0.25, 0.3) is 6.08 Å². The summed E-state index contributed by atoms with van der Waals surface area (Å²) in [5.74, 6) is 1.84. The highest BCUT2D eigenvalue weighted by molar-refractivity contribution is 6.02. The van der Waals surface area contributed by atoms with E-state index >= 15 is 0 Å². The fourth-order valence-electron chi connectivity index (χ4n) is 2.38. The van der Waals surface area contributed by atoms with Crippen molar-refractivity contribution in [2.24, 2.45) is 0 Å². The van der Waals surface area contributed by atoms with Crippen molar-refractivity contribution < 1.29 is 19.0 Å². The Morgan fingerprint density at radius 1 is 1.12 bits per heavy atom. The lowest BCUT2D eigenvalue weighted by molar-refractivity contribution is -0.111. The number of para-hydroxylation sites is 2. The average molecular weight is 325 g/mol. The molecule has 3 rings (SSSR count). The van der Waals surface area contributed by atoms with Gasteiger partial charge in [0.05, 0.1) is 26.0 Å². The van der Waals surface area contributed by atoms with E-state index in [1.807, 2.05) is 30.3 Å². The second-order valence-electron chi connectivity index (χ2n) is 5.28. The normalized spacial score (nSPS) is 13.4. The largest absolute Gasteiger partial charge is 0.495 e. The molecule has 1 heterocycles. The minimum atomic E-state index is -0.230. The van der Waals surface area contributed by atoms with Crippen molar-refractivity contribution >= 4 is 17.7 Å². The molecule has 1 aliphatic rings. The van der Waals surface area contributed by atoms with Gasteiger partial charge in [-0.25, -0.2) is 0 Å². The molecule has 2 aromatic rings. The van der Waals surface area contributed by atoms with Crippen LogP contribution in [0, 0.1) is 0 Å². The highest BCUT2D eigenvalue weighted by atomic mass is 16.5. The number of carbonyl (C=O) groups is 1. The van der Waals surface area contributed by atoms with Crippen molar-refractivity contribution in [3.8, 4) is 17.2 Å². The molecular weight excluding hydrogens is 306 g/mol. The van der Waals surface area contributed by atoms with Crippen molar-refractivity contribution in [3.63, 3.8) is 0 Å². The van der Waals surface area contributed by atoms with Crippen molar-refractivity contribution in [1.29, 1.82) is 0 Å². The lowest BCUT2D eigenvalue weighted by Crippen LogP contribution is -2.08. The van der Waals surface area contributed by atoms with Crippen LogP contribution in [0.3, 0.4) is 0 Å². The van der Waals surface area contributed by atoms with E-state index in [4.69, 9.17) is 14.2 Å². The molecule has 1 aliphatic heterocycles. The standard InChI is InChI=1S/C19H19NO4/c1-22-16-6-3-2-5-15(16)20-19(21)10-8-14-7-9-17-18(13-14)24-12-4-11-23-17/h2-3,5-10,13H,4,11-12H2,1H3,(H,20,21). The van der Waals surface area contributed by atoms with E-state index in [0.717, 1.165) is 17.7 Å². The predicted octanol–water partition coefficient (Wildman–Crippen LogP) is 3.51. The van der Waals surface area contributed by atoms with Gasteiger partial charge in [-0.3, -0.25) is 4.79 Å². The first kappa shape index (κ1) is 15.9. The molecule has 0 saturated heterocycles. The topological polar surface area (TPSA) is 56.8 Å². The molecule has 5 heteroatoms. The molecule has 0 unspecified atom stereocenters. The molecule has 124 valence electrons. The summed E-state index contributed by atoms with van der Waals surface area (Å²) >= 11 is 0. The molecular formula is C19H19NO4. The van der Waals surface area contributed by atoms with Crippen LogP contribution >= 0.6 is 0 Å². The maximum absolute atomic E-state index is 12.1. The number of methoxy groups -OCH3 is 1. The second kappa shape index (κ2) is 7.55. The van der Waals surface area contributed by atoms with Gasteiger partial charge in [-0.05, 0) is 35.9 Å². The fourth-order valence-corrected chi connectivity index (χ4v) is 2.38. The van der Waals surface area contributed by atoms with Crippen molar-refractivity contribution in [2.75, 3.05) is 25.6 Å². The van der Waals surface area contributed by atoms with Gasteiger partial charge >= 0.3 is 0 Å². The molecule has 0 bridgehead atoms. The lowest BCUT2D eigenvalue weighted by Gasteiger charge is -2.08. The number of carbonyl (C=O) groups excluding carboxylic acids is 1. The van der Waals surface area contributed by atoms with Crippen LogP contribution in [0.2, 0.25) is 0 Å². The van der Waals surface area contributed by atoms with E-state index in [2.05, 4.69) is 5.32 Å². The number of amides is 1. The van der Waals surface area contributed by atoms with Crippen molar-refractivity contribution in [2.45, 2.75) is 6.42 Å². The molecule has 24 heavy (non-hydrogen) atoms. The molecule has 0 aliphatic carbocycles. The smallest absolute Gasteiger partial charge is 0.248 e. The summed E-state index contributed by atoms with van der Waals surface area (Å²) in [4.78, 5) is 12.1. The van der Waals surface area contributed by atoms with Crippen LogP contribution < -0.4 is 19.5 Å². The van der Waals surface area contributed by atoms with Crippen molar-refractivity contribution in [3.05, 3.63) is 54.1 Å². The van der Waals surface area contributed by atoms with Crippen LogP contribution in [0.15, 0.2) is 48.5 Å². The highest BCUT2D eigenvalue weighted by Gasteiger charge is 2.10. The van der Waals surface area contributed by atoms with Gasteiger partial charge in [-0.15, -0.1) is 0 Å². The van der Waals surface area contributed by atoms with Gasteiger partial charge in [0.25, 0.3) is 0 Å². The van der Waals surface area contributed by atoms with E-state index in [1.54, 1.807) is 25.3 Å². The first-order valence-electron chi connectivity index (χ1n) is 7.78. The molecule has 0 atom stereocenters. The van der Waals surface area contributed by atoms with Crippen LogP contribution in [-0.2, 0) is 4.79 Å². The summed E-state index contributed by atoms with van der Waals surface area (Å²) in [5, 5.41) is 2.80. The number of nitrogens with one attached hydrogen (secondary N) is 1. The number of hydrogen-bond acceptors (Lipinski definition) is 4. The number of benzene rings is 2. The minimum Gasteiger partial charge on any atom is -0.495 e. The molecule has 5 nitrogen and oxygen atoms in total. The monoisotopic (exact) mass is 325 g/mol. The van der Waals surface area contributed by atoms with Gasteiger partial charge in [0.15, 0.2) is 11.5 Å². The number of fused-ring (bicyclic) bond motifs is 1. The van der Waals surface area contributed by atoms with Gasteiger partial charge in [0, 0.05) is 12.5 Å². The minimum absolute atomic E-state index is 0.230. The summed E-state index contributed by atoms with van der Waals surface area (Å²) in [6.45, 7) is 1.29. The zero-order valence-corrected chi connectivity index (χ0v) is 13.5. The third-order valence-electron chi connectivity index (χ3n) is 3.56. The molecule has 0 saturated carbocycles. The molecule has 0 radical (unpaired) electrons. The number of hydrogen-bond donors (Lipinski definition) is 1. The van der Waals surface area contributed by atoms with Crippen LogP contribution in [0.1, 0.15) is 12.0 Å². The van der Waals surface area contributed by atoms with E-state index in [-0.39, 0.29) is 5.91 Å². The third kappa shape index (κ3) is 3.87. The Bertz CT molecular complexity index is 755. The summed E-state index contributed by atoms with van der Waals surface area (Å²) in [7, 11) is 1.57. The molecule has 2 aromatic carbocycles. The predicted molar refractivity (Wildman–Crippen MR) is 92.7 cm³/mol. The maximum Gasteiger partial charge on any atom is 0.248 e. The van der Waals surface area contributed by atoms with E-state index in [9.17, 15) is 4.79 Å². The quantitative estimate of drug-likeness (QED) is 0.874. The SMILES string of the molecule is COc1ccccc1NC(=O)C=Cc1ccc2c(c1)OCCCO2. The van der Waals surface area contributed by atoms with Gasteiger partial charge in [-0.1, -0.05) is 18.2 Å². The first-order chi connectivity index (χ1) is 11.8. The van der Waals surface area contributed by atoms with E-state index in [0.29, 0.717) is 30.4 Å². The molecule has 0 aromatic heterocycles.